The zero-order chi connectivity index (χ0) is 24.1. The van der Waals surface area contributed by atoms with Gasteiger partial charge in [-0.3, -0.25) is 4.79 Å². The minimum absolute atomic E-state index is 0.0318. The molecule has 1 amide bonds. The molecule has 180 valence electrons. The van der Waals surface area contributed by atoms with Crippen LogP contribution in [0.4, 0.5) is 17.6 Å². The van der Waals surface area contributed by atoms with Crippen LogP contribution in [0.1, 0.15) is 18.6 Å². The van der Waals surface area contributed by atoms with Gasteiger partial charge in [-0.25, -0.2) is 14.2 Å². The number of aliphatic carboxylic acids is 1. The number of halogens is 4. The molecule has 1 atom stereocenters. The highest BCUT2D eigenvalue weighted by Crippen LogP contribution is 2.41. The number of carboxylic acid groups (broad SMARTS) is 1. The number of likely N-dealkylation sites (tertiary alicyclic amines) is 1. The second-order valence-electron chi connectivity index (χ2n) is 7.64. The fraction of sp³-hybridized carbons (Fsp3) is 0.476. The second kappa shape index (κ2) is 10.2. The molecule has 2 aromatic rings. The normalized spacial score (nSPS) is 18.9. The van der Waals surface area contributed by atoms with E-state index in [1.807, 2.05) is 0 Å². The van der Waals surface area contributed by atoms with Gasteiger partial charge in [0.15, 0.2) is 5.82 Å². The predicted octanol–water partition coefficient (Wildman–Crippen LogP) is 3.08. The van der Waals surface area contributed by atoms with Crippen LogP contribution in [-0.4, -0.2) is 64.9 Å². The molecular formula is C21H22F4N2O6. The Bertz CT molecular complexity index is 944. The Morgan fingerprint density at radius 2 is 2.00 bits per heavy atom. The largest absolute Gasteiger partial charge is 0.490 e. The molecule has 2 aromatic heterocycles. The van der Waals surface area contributed by atoms with Gasteiger partial charge in [-0.2, -0.15) is 13.2 Å². The molecule has 2 aliphatic rings. The number of amides is 1. The summed E-state index contributed by atoms with van der Waals surface area (Å²) in [5, 5.41) is 7.12. The molecule has 2 aliphatic heterocycles. The van der Waals surface area contributed by atoms with Gasteiger partial charge in [-0.05, 0) is 43.0 Å². The highest BCUT2D eigenvalue weighted by Gasteiger charge is 2.54. The van der Waals surface area contributed by atoms with Gasteiger partial charge in [0.25, 0.3) is 0 Å². The van der Waals surface area contributed by atoms with Crippen LogP contribution >= 0.6 is 0 Å². The molecule has 4 rings (SSSR count). The molecule has 1 unspecified atom stereocenters. The van der Waals surface area contributed by atoms with E-state index in [2.05, 4.69) is 4.98 Å². The van der Waals surface area contributed by atoms with E-state index in [-0.39, 0.29) is 23.8 Å². The maximum atomic E-state index is 13.6. The van der Waals surface area contributed by atoms with E-state index < -0.39 is 18.0 Å². The quantitative estimate of drug-likeness (QED) is 0.642. The Kier molecular flexibility index (Phi) is 7.57. The Morgan fingerprint density at radius 1 is 1.27 bits per heavy atom. The van der Waals surface area contributed by atoms with Crippen molar-refractivity contribution in [3.05, 3.63) is 48.3 Å². The summed E-state index contributed by atoms with van der Waals surface area (Å²) in [5.74, 6) is -2.17. The molecule has 12 heteroatoms. The number of furan rings is 1. The summed E-state index contributed by atoms with van der Waals surface area (Å²) < 4.78 is 62.0. The lowest BCUT2D eigenvalue weighted by molar-refractivity contribution is -0.192. The Hall–Kier alpha value is -3.15. The van der Waals surface area contributed by atoms with Crippen molar-refractivity contribution >= 4 is 11.9 Å². The first kappa shape index (κ1) is 24.5. The molecule has 0 aliphatic carbocycles. The number of pyridine rings is 1. The van der Waals surface area contributed by atoms with Crippen molar-refractivity contribution in [3.8, 4) is 5.88 Å². The second-order valence-corrected chi connectivity index (χ2v) is 7.64. The number of hydrogen-bond acceptors (Lipinski definition) is 6. The molecule has 0 saturated carbocycles. The van der Waals surface area contributed by atoms with E-state index in [9.17, 15) is 22.4 Å². The summed E-state index contributed by atoms with van der Waals surface area (Å²) in [7, 11) is 0. The maximum Gasteiger partial charge on any atom is 0.490 e. The molecule has 4 heterocycles. The van der Waals surface area contributed by atoms with Gasteiger partial charge in [-0.15, -0.1) is 0 Å². The summed E-state index contributed by atoms with van der Waals surface area (Å²) in [4.78, 5) is 26.9. The van der Waals surface area contributed by atoms with Gasteiger partial charge < -0.3 is 23.9 Å². The molecule has 2 fully saturated rings. The lowest BCUT2D eigenvalue weighted by Gasteiger charge is -2.50. The van der Waals surface area contributed by atoms with E-state index >= 15 is 0 Å². The summed E-state index contributed by atoms with van der Waals surface area (Å²) in [5.41, 5.74) is -0.287. The third kappa shape index (κ3) is 6.21. The van der Waals surface area contributed by atoms with Gasteiger partial charge in [-0.1, -0.05) is 0 Å². The first-order chi connectivity index (χ1) is 15.6. The lowest BCUT2D eigenvalue weighted by atomic mass is 9.79. The number of alkyl halides is 3. The summed E-state index contributed by atoms with van der Waals surface area (Å²) in [6.07, 6.45) is -0.0614. The first-order valence-corrected chi connectivity index (χ1v) is 10.1. The van der Waals surface area contributed by atoms with Crippen LogP contribution in [0.2, 0.25) is 0 Å². The van der Waals surface area contributed by atoms with Gasteiger partial charge in [0, 0.05) is 12.8 Å². The van der Waals surface area contributed by atoms with Crippen molar-refractivity contribution in [3.63, 3.8) is 0 Å². The summed E-state index contributed by atoms with van der Waals surface area (Å²) in [6, 6.07) is 6.44. The standard InChI is InChI=1S/C19H21FN2O4.C2HF3O2/c20-16-4-1-7-21-18(16)25-9-5-14-6-10-26-19(14)12-22(13-19)17(23)11-15-3-2-8-24-15;3-2(4,5)1(6)7/h1-4,7-8,14H,5-6,9-13H2;(H,6,7). The van der Waals surface area contributed by atoms with Crippen molar-refractivity contribution in [1.29, 1.82) is 0 Å². The first-order valence-electron chi connectivity index (χ1n) is 10.1. The van der Waals surface area contributed by atoms with Crippen molar-refractivity contribution < 1.29 is 46.1 Å². The Balaban J connectivity index is 0.000000383. The average molecular weight is 474 g/mol. The van der Waals surface area contributed by atoms with Crippen molar-refractivity contribution in [2.24, 2.45) is 5.92 Å². The number of carboxylic acids is 1. The molecule has 1 N–H and O–H groups in total. The van der Waals surface area contributed by atoms with Crippen LogP contribution in [0.25, 0.3) is 0 Å². The van der Waals surface area contributed by atoms with Crippen LogP contribution < -0.4 is 4.74 Å². The topological polar surface area (TPSA) is 102 Å². The highest BCUT2D eigenvalue weighted by atomic mass is 19.4. The van der Waals surface area contributed by atoms with Gasteiger partial charge in [0.1, 0.15) is 11.4 Å². The lowest BCUT2D eigenvalue weighted by Crippen LogP contribution is -2.66. The number of carbonyl (C=O) groups excluding carboxylic acids is 1. The van der Waals surface area contributed by atoms with Gasteiger partial charge in [0.2, 0.25) is 11.8 Å². The van der Waals surface area contributed by atoms with E-state index in [1.54, 1.807) is 23.3 Å². The number of rotatable bonds is 6. The van der Waals surface area contributed by atoms with Gasteiger partial charge >= 0.3 is 12.1 Å². The van der Waals surface area contributed by atoms with Crippen molar-refractivity contribution in [2.45, 2.75) is 31.0 Å². The average Bonchev–Trinajstić information content (AvgIpc) is 3.38. The summed E-state index contributed by atoms with van der Waals surface area (Å²) >= 11 is 0. The minimum atomic E-state index is -5.08. The number of aromatic nitrogens is 1. The van der Waals surface area contributed by atoms with Crippen LogP contribution in [-0.2, 0) is 20.7 Å². The predicted molar refractivity (Wildman–Crippen MR) is 104 cm³/mol. The zero-order valence-electron chi connectivity index (χ0n) is 17.4. The molecule has 0 aromatic carbocycles. The highest BCUT2D eigenvalue weighted by molar-refractivity contribution is 5.79. The SMILES string of the molecule is O=C(Cc1ccco1)N1CC2(C1)OCCC2CCOc1ncccc1F.O=C(O)C(F)(F)F. The Labute approximate surface area is 186 Å². The minimum Gasteiger partial charge on any atom is -0.476 e. The molecule has 8 nitrogen and oxygen atoms in total. The van der Waals surface area contributed by atoms with Crippen LogP contribution in [0, 0.1) is 11.7 Å². The number of ether oxygens (including phenoxy) is 2. The number of nitrogens with zero attached hydrogens (tertiary/aromatic N) is 2. The van der Waals surface area contributed by atoms with E-state index in [0.717, 1.165) is 12.8 Å². The molecule has 2 saturated heterocycles. The zero-order valence-corrected chi connectivity index (χ0v) is 17.4. The van der Waals surface area contributed by atoms with Crippen molar-refractivity contribution in [2.75, 3.05) is 26.3 Å². The van der Waals surface area contributed by atoms with E-state index in [4.69, 9.17) is 23.8 Å². The molecular weight excluding hydrogens is 452 g/mol. The molecule has 33 heavy (non-hydrogen) atoms. The molecule has 0 radical (unpaired) electrons. The van der Waals surface area contributed by atoms with E-state index in [0.29, 0.717) is 38.0 Å². The number of carbonyl (C=O) groups is 2. The van der Waals surface area contributed by atoms with Crippen LogP contribution in [0.15, 0.2) is 41.1 Å². The monoisotopic (exact) mass is 474 g/mol. The maximum absolute atomic E-state index is 13.6. The fourth-order valence-electron chi connectivity index (χ4n) is 3.77. The summed E-state index contributed by atoms with van der Waals surface area (Å²) in [6.45, 7) is 2.25. The smallest absolute Gasteiger partial charge is 0.476 e. The van der Waals surface area contributed by atoms with Crippen LogP contribution in [0.3, 0.4) is 0 Å². The molecule has 0 bridgehead atoms. The third-order valence-corrected chi connectivity index (χ3v) is 5.45. The third-order valence-electron chi connectivity index (χ3n) is 5.45. The fourth-order valence-corrected chi connectivity index (χ4v) is 3.77. The van der Waals surface area contributed by atoms with Crippen molar-refractivity contribution in [1.82, 2.24) is 9.88 Å². The Morgan fingerprint density at radius 3 is 2.61 bits per heavy atom. The van der Waals surface area contributed by atoms with E-state index in [1.165, 1.54) is 18.3 Å². The van der Waals surface area contributed by atoms with Gasteiger partial charge in [0.05, 0.1) is 32.4 Å². The number of hydrogen-bond donors (Lipinski definition) is 1. The molecule has 1 spiro atoms. The van der Waals surface area contributed by atoms with Crippen LogP contribution in [0.5, 0.6) is 5.88 Å².